The molecule has 0 spiro atoms. The molecule has 0 saturated carbocycles. The Kier molecular flexibility index (Phi) is 4.43. The molecule has 0 radical (unpaired) electrons. The quantitative estimate of drug-likeness (QED) is 0.554. The molecule has 15 heavy (non-hydrogen) atoms. The molecule has 1 rings (SSSR count). The van der Waals surface area contributed by atoms with Crippen molar-refractivity contribution in [2.75, 3.05) is 6.61 Å². The van der Waals surface area contributed by atoms with Crippen LogP contribution in [0.2, 0.25) is 0 Å². The van der Waals surface area contributed by atoms with Crippen molar-refractivity contribution in [1.82, 2.24) is 0 Å². The molecular weight excluding hydrogens is 188 g/mol. The first-order valence-electron chi connectivity index (χ1n) is 4.94. The number of hydrogen-bond donors (Lipinski definition) is 0. The maximum Gasteiger partial charge on any atom is 0.178 e. The average Bonchev–Trinajstić information content (AvgIpc) is 2.27. The van der Waals surface area contributed by atoms with Gasteiger partial charge in [-0.15, -0.1) is 5.92 Å². The number of rotatable bonds is 4. The second-order valence-corrected chi connectivity index (χ2v) is 2.96. The zero-order chi connectivity index (χ0) is 11.1. The number of hydrogen-bond acceptors (Lipinski definition) is 2. The summed E-state index contributed by atoms with van der Waals surface area (Å²) >= 11 is 0. The maximum atomic E-state index is 11.7. The molecule has 2 nitrogen and oxygen atoms in total. The van der Waals surface area contributed by atoms with E-state index >= 15 is 0 Å². The van der Waals surface area contributed by atoms with Crippen LogP contribution in [-0.4, -0.2) is 12.4 Å². The average molecular weight is 202 g/mol. The van der Waals surface area contributed by atoms with Crippen LogP contribution in [0.15, 0.2) is 24.3 Å². The minimum atomic E-state index is 0.00778. The summed E-state index contributed by atoms with van der Waals surface area (Å²) in [7, 11) is 0. The summed E-state index contributed by atoms with van der Waals surface area (Å²) in [6.45, 7) is 4.18. The van der Waals surface area contributed by atoms with Gasteiger partial charge in [0, 0.05) is 0 Å². The number of carbonyl (C=O) groups excluding carboxylic acids is 1. The molecule has 0 bridgehead atoms. The van der Waals surface area contributed by atoms with E-state index in [-0.39, 0.29) is 12.2 Å². The first kappa shape index (κ1) is 11.3. The lowest BCUT2D eigenvalue weighted by atomic mass is 10.1. The Morgan fingerprint density at radius 1 is 1.40 bits per heavy atom. The molecular formula is C13H14O2. The van der Waals surface area contributed by atoms with Crippen LogP contribution in [-0.2, 0) is 0 Å². The fourth-order valence-corrected chi connectivity index (χ4v) is 1.24. The molecule has 0 aromatic heterocycles. The van der Waals surface area contributed by atoms with Gasteiger partial charge in [0.15, 0.2) is 5.78 Å². The van der Waals surface area contributed by atoms with E-state index in [1.54, 1.807) is 19.1 Å². The van der Waals surface area contributed by atoms with Gasteiger partial charge in [-0.05, 0) is 26.0 Å². The maximum absolute atomic E-state index is 11.7. The molecule has 0 unspecified atom stereocenters. The highest BCUT2D eigenvalue weighted by Gasteiger charge is 2.09. The number of ether oxygens (including phenoxy) is 1. The number of Topliss-reactive ketones (excluding diaryl/α,β-unsaturated/α-hetero) is 1. The molecule has 0 amide bonds. The molecule has 0 N–H and O–H groups in total. The number of ketones is 1. The molecule has 0 fully saturated rings. The van der Waals surface area contributed by atoms with Crippen LogP contribution in [0.5, 0.6) is 5.75 Å². The van der Waals surface area contributed by atoms with Gasteiger partial charge in [-0.3, -0.25) is 4.79 Å². The molecule has 1 aromatic rings. The van der Waals surface area contributed by atoms with Crippen molar-refractivity contribution in [2.45, 2.75) is 20.3 Å². The predicted octanol–water partition coefficient (Wildman–Crippen LogP) is 2.68. The molecule has 0 heterocycles. The van der Waals surface area contributed by atoms with E-state index in [0.29, 0.717) is 17.9 Å². The van der Waals surface area contributed by atoms with Gasteiger partial charge in [0.25, 0.3) is 0 Å². The van der Waals surface area contributed by atoms with Gasteiger partial charge in [0.05, 0.1) is 18.6 Å². The first-order chi connectivity index (χ1) is 7.29. The number of benzene rings is 1. The van der Waals surface area contributed by atoms with Gasteiger partial charge in [0.1, 0.15) is 5.75 Å². The molecule has 0 saturated heterocycles. The summed E-state index contributed by atoms with van der Waals surface area (Å²) in [5, 5.41) is 0. The van der Waals surface area contributed by atoms with Crippen molar-refractivity contribution in [1.29, 1.82) is 0 Å². The normalized spacial score (nSPS) is 8.93. The third-order valence-electron chi connectivity index (χ3n) is 1.91. The van der Waals surface area contributed by atoms with Crippen LogP contribution in [0, 0.1) is 11.8 Å². The third kappa shape index (κ3) is 3.14. The first-order valence-corrected chi connectivity index (χ1v) is 4.94. The van der Waals surface area contributed by atoms with Gasteiger partial charge in [-0.1, -0.05) is 18.1 Å². The van der Waals surface area contributed by atoms with Crippen LogP contribution >= 0.6 is 0 Å². The van der Waals surface area contributed by atoms with Gasteiger partial charge in [-0.2, -0.15) is 0 Å². The minimum absolute atomic E-state index is 0.00778. The summed E-state index contributed by atoms with van der Waals surface area (Å²) in [5.74, 6) is 6.12. The lowest BCUT2D eigenvalue weighted by molar-refractivity contribution is 0.0994. The van der Waals surface area contributed by atoms with Crippen LogP contribution in [0.1, 0.15) is 30.6 Å². The van der Waals surface area contributed by atoms with Crippen LogP contribution < -0.4 is 4.74 Å². The topological polar surface area (TPSA) is 26.3 Å². The van der Waals surface area contributed by atoms with E-state index in [0.717, 1.165) is 0 Å². The van der Waals surface area contributed by atoms with E-state index in [1.807, 2.05) is 19.1 Å². The summed E-state index contributed by atoms with van der Waals surface area (Å²) in [6.07, 6.45) is 0.251. The Balaban J connectivity index is 2.89. The van der Waals surface area contributed by atoms with Gasteiger partial charge in [-0.25, -0.2) is 0 Å². The molecule has 78 valence electrons. The van der Waals surface area contributed by atoms with Crippen molar-refractivity contribution in [2.24, 2.45) is 0 Å². The Hall–Kier alpha value is -1.75. The molecule has 0 aliphatic rings. The highest BCUT2D eigenvalue weighted by molar-refractivity contribution is 5.99. The van der Waals surface area contributed by atoms with Gasteiger partial charge < -0.3 is 4.74 Å². The van der Waals surface area contributed by atoms with Crippen LogP contribution in [0.4, 0.5) is 0 Å². The largest absolute Gasteiger partial charge is 0.493 e. The lowest BCUT2D eigenvalue weighted by Gasteiger charge is -2.07. The summed E-state index contributed by atoms with van der Waals surface area (Å²) in [4.78, 5) is 11.7. The van der Waals surface area contributed by atoms with Gasteiger partial charge in [0.2, 0.25) is 0 Å². The van der Waals surface area contributed by atoms with Crippen molar-refractivity contribution in [3.8, 4) is 17.6 Å². The van der Waals surface area contributed by atoms with Crippen molar-refractivity contribution < 1.29 is 9.53 Å². The minimum Gasteiger partial charge on any atom is -0.493 e. The summed E-state index contributed by atoms with van der Waals surface area (Å²) in [6, 6.07) is 7.25. The highest BCUT2D eigenvalue weighted by Crippen LogP contribution is 2.19. The Morgan fingerprint density at radius 3 is 2.80 bits per heavy atom. The van der Waals surface area contributed by atoms with E-state index in [1.165, 1.54) is 0 Å². The third-order valence-corrected chi connectivity index (χ3v) is 1.91. The summed E-state index contributed by atoms with van der Waals surface area (Å²) < 4.78 is 5.37. The second kappa shape index (κ2) is 5.87. The van der Waals surface area contributed by atoms with E-state index in [4.69, 9.17) is 4.74 Å². The number of para-hydroxylation sites is 1. The Bertz CT molecular complexity index is 396. The lowest BCUT2D eigenvalue weighted by Crippen LogP contribution is -2.02. The fourth-order valence-electron chi connectivity index (χ4n) is 1.24. The van der Waals surface area contributed by atoms with E-state index in [9.17, 15) is 4.79 Å². The summed E-state index contributed by atoms with van der Waals surface area (Å²) in [5.41, 5.74) is 0.613. The molecule has 1 aromatic carbocycles. The smallest absolute Gasteiger partial charge is 0.178 e. The molecule has 0 atom stereocenters. The second-order valence-electron chi connectivity index (χ2n) is 2.96. The van der Waals surface area contributed by atoms with Crippen LogP contribution in [0.25, 0.3) is 0 Å². The fraction of sp³-hybridized carbons (Fsp3) is 0.308. The zero-order valence-corrected chi connectivity index (χ0v) is 9.04. The zero-order valence-electron chi connectivity index (χ0n) is 9.04. The van der Waals surface area contributed by atoms with Gasteiger partial charge >= 0.3 is 0 Å². The SMILES string of the molecule is CC#CCC(=O)c1ccccc1OCC. The van der Waals surface area contributed by atoms with Crippen molar-refractivity contribution in [3.05, 3.63) is 29.8 Å². The highest BCUT2D eigenvalue weighted by atomic mass is 16.5. The molecule has 2 heteroatoms. The predicted molar refractivity (Wildman–Crippen MR) is 60.0 cm³/mol. The monoisotopic (exact) mass is 202 g/mol. The standard InChI is InChI=1S/C13H14O2/c1-3-5-9-12(14)11-8-6-7-10-13(11)15-4-2/h6-8,10H,4,9H2,1-2H3. The molecule has 0 aliphatic heterocycles. The van der Waals surface area contributed by atoms with Crippen LogP contribution in [0.3, 0.4) is 0 Å². The van der Waals surface area contributed by atoms with Crippen molar-refractivity contribution >= 4 is 5.78 Å². The molecule has 0 aliphatic carbocycles. The Morgan fingerprint density at radius 2 is 2.13 bits per heavy atom. The number of carbonyl (C=O) groups is 1. The Labute approximate surface area is 90.3 Å². The van der Waals surface area contributed by atoms with Crippen molar-refractivity contribution in [3.63, 3.8) is 0 Å². The van der Waals surface area contributed by atoms with E-state index in [2.05, 4.69) is 11.8 Å². The van der Waals surface area contributed by atoms with E-state index < -0.39 is 0 Å².